The lowest BCUT2D eigenvalue weighted by molar-refractivity contribution is -0.145. The first-order valence-electron chi connectivity index (χ1n) is 8.64. The Morgan fingerprint density at radius 3 is 2.58 bits per heavy atom. The first kappa shape index (κ1) is 17.3. The summed E-state index contributed by atoms with van der Waals surface area (Å²) < 4.78 is 33.3. The molecule has 1 aliphatic carbocycles. The number of hydrogen-bond donors (Lipinski definition) is 2. The Labute approximate surface area is 139 Å². The minimum absolute atomic E-state index is 0.125. The highest BCUT2D eigenvalue weighted by Gasteiger charge is 2.48. The van der Waals surface area contributed by atoms with Crippen LogP contribution in [0.4, 0.5) is 8.78 Å². The molecule has 2 heterocycles. The number of carbonyl (C=O) groups is 1. The van der Waals surface area contributed by atoms with Gasteiger partial charge in [-0.3, -0.25) is 4.79 Å². The maximum Gasteiger partial charge on any atom is 0.271 e. The Bertz CT molecular complexity index is 582. The number of amides is 1. The van der Waals surface area contributed by atoms with Gasteiger partial charge in [0.05, 0.1) is 6.54 Å². The molecule has 1 aromatic heterocycles. The van der Waals surface area contributed by atoms with Crippen molar-refractivity contribution in [2.75, 3.05) is 13.1 Å². The summed E-state index contributed by atoms with van der Waals surface area (Å²) in [5.74, 6) is -4.14. The molecule has 2 aliphatic rings. The summed E-state index contributed by atoms with van der Waals surface area (Å²) in [6.45, 7) is 1.64. The molecule has 1 amide bonds. The molecule has 0 spiro atoms. The maximum absolute atomic E-state index is 14.1. The molecule has 1 atom stereocenters. The summed E-state index contributed by atoms with van der Waals surface area (Å²) in [5, 5.41) is 9.53. The van der Waals surface area contributed by atoms with Crippen LogP contribution >= 0.6 is 0 Å². The van der Waals surface area contributed by atoms with Gasteiger partial charge < -0.3 is 15.2 Å². The first-order chi connectivity index (χ1) is 11.4. The molecule has 8 heteroatoms. The third-order valence-corrected chi connectivity index (χ3v) is 5.07. The lowest BCUT2D eigenvalue weighted by Crippen LogP contribution is -2.56. The molecule has 1 aliphatic heterocycles. The van der Waals surface area contributed by atoms with Crippen molar-refractivity contribution in [3.05, 3.63) is 11.7 Å². The zero-order valence-corrected chi connectivity index (χ0v) is 13.9. The van der Waals surface area contributed by atoms with Crippen molar-refractivity contribution in [3.63, 3.8) is 0 Å². The molecule has 134 valence electrons. The van der Waals surface area contributed by atoms with E-state index < -0.39 is 29.8 Å². The van der Waals surface area contributed by atoms with E-state index in [0.29, 0.717) is 31.1 Å². The minimum Gasteiger partial charge on any atom is -0.343 e. The van der Waals surface area contributed by atoms with Gasteiger partial charge in [0.2, 0.25) is 11.8 Å². The molecule has 1 saturated carbocycles. The minimum atomic E-state index is -3.04. The van der Waals surface area contributed by atoms with E-state index in [9.17, 15) is 13.6 Å². The van der Waals surface area contributed by atoms with E-state index in [2.05, 4.69) is 20.8 Å². The van der Waals surface area contributed by atoms with Crippen LogP contribution in [-0.4, -0.2) is 35.1 Å². The van der Waals surface area contributed by atoms with Gasteiger partial charge in [-0.15, -0.1) is 0 Å². The van der Waals surface area contributed by atoms with Gasteiger partial charge in [-0.2, -0.15) is 4.98 Å². The Hall–Kier alpha value is -1.57. The van der Waals surface area contributed by atoms with Crippen LogP contribution in [0.2, 0.25) is 0 Å². The largest absolute Gasteiger partial charge is 0.343 e. The molecular weight excluding hydrogens is 318 g/mol. The first-order valence-corrected chi connectivity index (χ1v) is 8.64. The number of alkyl halides is 2. The molecule has 0 radical (unpaired) electrons. The fourth-order valence-electron chi connectivity index (χ4n) is 3.71. The fraction of sp³-hybridized carbons (Fsp3) is 0.812. The summed E-state index contributed by atoms with van der Waals surface area (Å²) in [5.41, 5.74) is -0.799. The van der Waals surface area contributed by atoms with Crippen molar-refractivity contribution in [1.82, 2.24) is 20.8 Å². The highest BCUT2D eigenvalue weighted by molar-refractivity contribution is 5.80. The molecule has 1 aromatic rings. The predicted octanol–water partition coefficient (Wildman–Crippen LogP) is 2.29. The normalized spacial score (nSPS) is 26.5. The van der Waals surface area contributed by atoms with E-state index in [0.717, 1.165) is 25.7 Å². The molecule has 6 nitrogen and oxygen atoms in total. The zero-order valence-electron chi connectivity index (χ0n) is 13.9. The Morgan fingerprint density at radius 1 is 1.29 bits per heavy atom. The van der Waals surface area contributed by atoms with Crippen LogP contribution in [0.5, 0.6) is 0 Å². The number of nitrogens with zero attached hydrogens (tertiary/aromatic N) is 2. The summed E-state index contributed by atoms with van der Waals surface area (Å²) in [4.78, 5) is 17.0. The smallest absolute Gasteiger partial charge is 0.271 e. The quantitative estimate of drug-likeness (QED) is 0.824. The fourth-order valence-corrected chi connectivity index (χ4v) is 3.71. The van der Waals surface area contributed by atoms with Crippen molar-refractivity contribution < 1.29 is 18.1 Å². The molecule has 2 fully saturated rings. The van der Waals surface area contributed by atoms with Gasteiger partial charge in [0.15, 0.2) is 5.82 Å². The van der Waals surface area contributed by atoms with Gasteiger partial charge in [0, 0.05) is 6.92 Å². The van der Waals surface area contributed by atoms with Gasteiger partial charge in [-0.25, -0.2) is 8.78 Å². The van der Waals surface area contributed by atoms with Crippen molar-refractivity contribution in [2.45, 2.75) is 63.3 Å². The van der Waals surface area contributed by atoms with Crippen molar-refractivity contribution >= 4 is 5.91 Å². The average Bonchev–Trinajstić information content (AvgIpc) is 2.83. The number of halogens is 2. The van der Waals surface area contributed by atoms with Crippen LogP contribution in [-0.2, 0) is 10.3 Å². The van der Waals surface area contributed by atoms with Crippen molar-refractivity contribution in [2.24, 2.45) is 5.92 Å². The van der Waals surface area contributed by atoms with Gasteiger partial charge in [0.25, 0.3) is 5.92 Å². The Balaban J connectivity index is 1.85. The molecule has 2 N–H and O–H groups in total. The van der Waals surface area contributed by atoms with E-state index in [1.54, 1.807) is 6.92 Å². The van der Waals surface area contributed by atoms with Gasteiger partial charge in [-0.1, -0.05) is 30.8 Å². The van der Waals surface area contributed by atoms with E-state index in [-0.39, 0.29) is 6.42 Å². The zero-order chi connectivity index (χ0) is 17.2. The second kappa shape index (κ2) is 6.74. The van der Waals surface area contributed by atoms with Gasteiger partial charge in [0.1, 0.15) is 11.5 Å². The van der Waals surface area contributed by atoms with Crippen LogP contribution < -0.4 is 10.6 Å². The Kier molecular flexibility index (Phi) is 4.85. The number of carbonyl (C=O) groups excluding carboxylic acids is 1. The van der Waals surface area contributed by atoms with E-state index in [4.69, 9.17) is 4.52 Å². The van der Waals surface area contributed by atoms with E-state index >= 15 is 0 Å². The number of rotatable bonds is 3. The number of aromatic nitrogens is 2. The van der Waals surface area contributed by atoms with E-state index in [1.165, 1.54) is 0 Å². The van der Waals surface area contributed by atoms with Crippen LogP contribution in [0.25, 0.3) is 0 Å². The monoisotopic (exact) mass is 342 g/mol. The molecule has 0 aromatic carbocycles. The molecule has 1 saturated heterocycles. The van der Waals surface area contributed by atoms with Gasteiger partial charge in [-0.05, 0) is 25.8 Å². The lowest BCUT2D eigenvalue weighted by Gasteiger charge is -2.36. The number of piperidine rings is 1. The molecule has 24 heavy (non-hydrogen) atoms. The molecule has 0 bridgehead atoms. The van der Waals surface area contributed by atoms with Crippen LogP contribution in [0.3, 0.4) is 0 Å². The van der Waals surface area contributed by atoms with Crippen LogP contribution in [0.15, 0.2) is 4.52 Å². The Morgan fingerprint density at radius 2 is 2.00 bits per heavy atom. The van der Waals surface area contributed by atoms with Crippen LogP contribution in [0, 0.1) is 12.8 Å². The summed E-state index contributed by atoms with van der Waals surface area (Å²) >= 11 is 0. The number of hydrogen-bond acceptors (Lipinski definition) is 5. The highest BCUT2D eigenvalue weighted by atomic mass is 19.3. The van der Waals surface area contributed by atoms with Gasteiger partial charge >= 0.3 is 0 Å². The second-order valence-corrected chi connectivity index (χ2v) is 6.90. The number of nitrogens with one attached hydrogen (secondary N) is 2. The lowest BCUT2D eigenvalue weighted by atomic mass is 9.86. The third kappa shape index (κ3) is 3.43. The standard InChI is InChI=1S/C16H24F2N4O2/c1-11-20-14(22-24-11)15(7-4-2-3-5-8-15)21-13(23)12-6-9-19-10-16(12,17)18/h12,19H,2-10H2,1H3,(H,21,23). The second-order valence-electron chi connectivity index (χ2n) is 6.90. The third-order valence-electron chi connectivity index (χ3n) is 5.07. The number of aryl methyl sites for hydroxylation is 1. The van der Waals surface area contributed by atoms with Crippen molar-refractivity contribution in [3.8, 4) is 0 Å². The van der Waals surface area contributed by atoms with E-state index in [1.807, 2.05) is 0 Å². The predicted molar refractivity (Wildman–Crippen MR) is 82.5 cm³/mol. The van der Waals surface area contributed by atoms with Crippen LogP contribution in [0.1, 0.15) is 56.7 Å². The topological polar surface area (TPSA) is 80.0 Å². The average molecular weight is 342 g/mol. The summed E-state index contributed by atoms with van der Waals surface area (Å²) in [7, 11) is 0. The van der Waals surface area contributed by atoms with Crippen molar-refractivity contribution in [1.29, 1.82) is 0 Å². The molecule has 1 unspecified atom stereocenters. The maximum atomic E-state index is 14.1. The SMILES string of the molecule is Cc1nc(C2(NC(=O)C3CCNCC3(F)F)CCCCCC2)no1. The summed E-state index contributed by atoms with van der Waals surface area (Å²) in [6, 6.07) is 0. The molecular formula is C16H24F2N4O2. The summed E-state index contributed by atoms with van der Waals surface area (Å²) in [6.07, 6.45) is 5.32. The molecule has 3 rings (SSSR count). The highest BCUT2D eigenvalue weighted by Crippen LogP contribution is 2.37.